The summed E-state index contributed by atoms with van der Waals surface area (Å²) in [6, 6.07) is 5.66. The molecule has 1 aromatic rings. The molecule has 2 saturated heterocycles. The van der Waals surface area contributed by atoms with Crippen LogP contribution in [0.25, 0.3) is 0 Å². The number of benzene rings is 1. The van der Waals surface area contributed by atoms with E-state index in [-0.39, 0.29) is 23.1 Å². The first-order valence-corrected chi connectivity index (χ1v) is 11.0. The molecule has 4 fully saturated rings. The lowest BCUT2D eigenvalue weighted by atomic mass is 9.52. The summed E-state index contributed by atoms with van der Waals surface area (Å²) in [6.45, 7) is 6.60. The van der Waals surface area contributed by atoms with Crippen molar-refractivity contribution >= 4 is 11.9 Å². The number of phenols is 1. The molecule has 1 spiro atoms. The van der Waals surface area contributed by atoms with Crippen molar-refractivity contribution in [1.29, 1.82) is 0 Å². The number of carbonyl (C=O) groups excluding carboxylic acids is 2. The van der Waals surface area contributed by atoms with Gasteiger partial charge in [0.1, 0.15) is 11.3 Å². The second-order valence-corrected chi connectivity index (χ2v) is 9.90. The van der Waals surface area contributed by atoms with E-state index in [9.17, 15) is 14.7 Å². The molecule has 0 bridgehead atoms. The number of amides is 3. The fraction of sp³-hybridized carbons (Fsp3) is 0.652. The van der Waals surface area contributed by atoms with E-state index in [4.69, 9.17) is 0 Å². The van der Waals surface area contributed by atoms with E-state index in [0.717, 1.165) is 36.4 Å². The fourth-order valence-electron chi connectivity index (χ4n) is 6.51. The number of aromatic hydroxyl groups is 1. The second kappa shape index (κ2) is 6.46. The van der Waals surface area contributed by atoms with Gasteiger partial charge >= 0.3 is 6.03 Å². The number of nitrogens with one attached hydrogen (secondary N) is 2. The first kappa shape index (κ1) is 18.9. The molecule has 4 atom stereocenters. The van der Waals surface area contributed by atoms with Gasteiger partial charge < -0.3 is 15.3 Å². The largest absolute Gasteiger partial charge is 0.508 e. The number of hydrogen-bond acceptors (Lipinski definition) is 4. The quantitative estimate of drug-likeness (QED) is 0.685. The van der Waals surface area contributed by atoms with Gasteiger partial charge in [-0.1, -0.05) is 6.07 Å². The van der Waals surface area contributed by atoms with Gasteiger partial charge in [-0.3, -0.25) is 10.1 Å². The Bertz CT molecular complexity index is 867. The summed E-state index contributed by atoms with van der Waals surface area (Å²) in [5.41, 5.74) is 1.24. The van der Waals surface area contributed by atoms with Crippen LogP contribution >= 0.6 is 0 Å². The van der Waals surface area contributed by atoms with Gasteiger partial charge in [0.25, 0.3) is 5.91 Å². The van der Waals surface area contributed by atoms with Gasteiger partial charge in [-0.05, 0) is 94.0 Å². The number of hydrogen-bond donors (Lipinski definition) is 3. The van der Waals surface area contributed by atoms with E-state index in [2.05, 4.69) is 29.4 Å². The summed E-state index contributed by atoms with van der Waals surface area (Å²) >= 11 is 0. The molecule has 2 aliphatic carbocycles. The molecular weight excluding hydrogens is 366 g/mol. The Morgan fingerprint density at radius 3 is 2.69 bits per heavy atom. The summed E-state index contributed by atoms with van der Waals surface area (Å²) in [4.78, 5) is 27.5. The van der Waals surface area contributed by atoms with Gasteiger partial charge in [-0.15, -0.1) is 0 Å². The van der Waals surface area contributed by atoms with Crippen LogP contribution in [0.2, 0.25) is 0 Å². The molecule has 2 aliphatic heterocycles. The third-order valence-corrected chi connectivity index (χ3v) is 8.17. The molecule has 1 aromatic carbocycles. The van der Waals surface area contributed by atoms with Gasteiger partial charge in [0, 0.05) is 18.0 Å². The van der Waals surface area contributed by atoms with Gasteiger partial charge in [0.05, 0.1) is 0 Å². The highest BCUT2D eigenvalue weighted by atomic mass is 16.3. The first-order valence-electron chi connectivity index (χ1n) is 11.0. The average Bonchev–Trinajstić information content (AvgIpc) is 3.45. The molecule has 4 unspecified atom stereocenters. The van der Waals surface area contributed by atoms with Crippen LogP contribution in [-0.2, 0) is 10.2 Å². The van der Waals surface area contributed by atoms with Crippen molar-refractivity contribution in [3.8, 4) is 5.75 Å². The molecule has 3 N–H and O–H groups in total. The number of phenolic OH excluding ortho intramolecular Hbond substituents is 1. The maximum atomic E-state index is 12.8. The van der Waals surface area contributed by atoms with Crippen molar-refractivity contribution in [2.24, 2.45) is 11.8 Å². The lowest BCUT2D eigenvalue weighted by molar-refractivity contribution is -0.128. The lowest BCUT2D eigenvalue weighted by Crippen LogP contribution is -2.64. The van der Waals surface area contributed by atoms with Gasteiger partial charge in [0.2, 0.25) is 0 Å². The van der Waals surface area contributed by atoms with Crippen LogP contribution in [0.1, 0.15) is 56.6 Å². The van der Waals surface area contributed by atoms with Crippen molar-refractivity contribution in [2.45, 2.75) is 69.4 Å². The molecule has 5 rings (SSSR count). The second-order valence-electron chi connectivity index (χ2n) is 9.90. The number of nitrogens with zero attached hydrogens (tertiary/aromatic N) is 1. The van der Waals surface area contributed by atoms with Crippen molar-refractivity contribution in [1.82, 2.24) is 15.5 Å². The van der Waals surface area contributed by atoms with Crippen LogP contribution in [0.3, 0.4) is 0 Å². The Hall–Kier alpha value is -2.08. The number of urea groups is 1. The third-order valence-electron chi connectivity index (χ3n) is 8.17. The summed E-state index contributed by atoms with van der Waals surface area (Å²) in [7, 11) is 0. The lowest BCUT2D eigenvalue weighted by Gasteiger charge is -2.58. The normalized spacial score (nSPS) is 37.3. The van der Waals surface area contributed by atoms with Crippen molar-refractivity contribution in [2.75, 3.05) is 13.1 Å². The molecule has 156 valence electrons. The van der Waals surface area contributed by atoms with E-state index in [0.29, 0.717) is 24.8 Å². The maximum absolute atomic E-state index is 12.8. The average molecular weight is 398 g/mol. The smallest absolute Gasteiger partial charge is 0.322 e. The van der Waals surface area contributed by atoms with Crippen LogP contribution < -0.4 is 10.6 Å². The van der Waals surface area contributed by atoms with E-state index < -0.39 is 5.54 Å². The Balaban J connectivity index is 1.57. The fourth-order valence-corrected chi connectivity index (χ4v) is 6.51. The minimum Gasteiger partial charge on any atom is -0.508 e. The Kier molecular flexibility index (Phi) is 4.21. The zero-order valence-electron chi connectivity index (χ0n) is 17.3. The third kappa shape index (κ3) is 2.95. The maximum Gasteiger partial charge on any atom is 0.322 e. The van der Waals surface area contributed by atoms with Crippen molar-refractivity contribution in [3.63, 3.8) is 0 Å². The Labute approximate surface area is 172 Å². The summed E-state index contributed by atoms with van der Waals surface area (Å²) < 4.78 is 0. The van der Waals surface area contributed by atoms with E-state index in [1.165, 1.54) is 19.4 Å². The number of imide groups is 1. The Morgan fingerprint density at radius 2 is 2.00 bits per heavy atom. The zero-order chi connectivity index (χ0) is 20.4. The number of carbonyl (C=O) groups is 2. The van der Waals surface area contributed by atoms with Crippen LogP contribution in [0, 0.1) is 18.8 Å². The zero-order valence-corrected chi connectivity index (χ0v) is 17.3. The molecule has 6 heteroatoms. The molecule has 29 heavy (non-hydrogen) atoms. The molecule has 2 heterocycles. The number of rotatable bonds is 3. The predicted octanol–water partition coefficient (Wildman–Crippen LogP) is 2.82. The van der Waals surface area contributed by atoms with E-state index in [1.54, 1.807) is 6.07 Å². The SMILES string of the molecule is Cc1ccc(O)cc1C12CCN(CC3CC3)C(C)C1CCC1(C2)NC(=O)NC1=O. The number of aryl methyl sites for hydroxylation is 1. The summed E-state index contributed by atoms with van der Waals surface area (Å²) in [5, 5.41) is 15.7. The number of piperidine rings is 1. The van der Waals surface area contributed by atoms with Crippen molar-refractivity contribution < 1.29 is 14.7 Å². The van der Waals surface area contributed by atoms with Gasteiger partial charge in [-0.2, -0.15) is 0 Å². The summed E-state index contributed by atoms with van der Waals surface area (Å²) in [6.07, 6.45) is 5.82. The molecule has 3 amide bonds. The standard InChI is InChI=1S/C23H31N3O3/c1-14-3-6-17(27)11-19(14)22-9-10-26(12-16-4-5-16)15(2)18(22)7-8-23(13-22)20(28)24-21(29)25-23/h3,6,11,15-16,18,27H,4-5,7-10,12-13H2,1-2H3,(H2,24,25,28,29). The molecular formula is C23H31N3O3. The highest BCUT2D eigenvalue weighted by molar-refractivity contribution is 6.07. The molecule has 2 saturated carbocycles. The minimum absolute atomic E-state index is 0.189. The van der Waals surface area contributed by atoms with Crippen LogP contribution in [-0.4, -0.2) is 46.6 Å². The number of likely N-dealkylation sites (tertiary alicyclic amines) is 1. The van der Waals surface area contributed by atoms with E-state index >= 15 is 0 Å². The first-order chi connectivity index (χ1) is 13.8. The number of fused-ring (bicyclic) bond motifs is 1. The van der Waals surface area contributed by atoms with Crippen LogP contribution in [0.4, 0.5) is 4.79 Å². The predicted molar refractivity (Wildman–Crippen MR) is 110 cm³/mol. The monoisotopic (exact) mass is 397 g/mol. The van der Waals surface area contributed by atoms with Gasteiger partial charge in [0.15, 0.2) is 0 Å². The topological polar surface area (TPSA) is 81.7 Å². The summed E-state index contributed by atoms with van der Waals surface area (Å²) in [5.74, 6) is 1.33. The highest BCUT2D eigenvalue weighted by Crippen LogP contribution is 2.56. The molecule has 4 aliphatic rings. The molecule has 0 radical (unpaired) electrons. The van der Waals surface area contributed by atoms with Crippen LogP contribution in [0.15, 0.2) is 18.2 Å². The highest BCUT2D eigenvalue weighted by Gasteiger charge is 2.60. The molecule has 0 aromatic heterocycles. The van der Waals surface area contributed by atoms with Gasteiger partial charge in [-0.25, -0.2) is 4.79 Å². The van der Waals surface area contributed by atoms with Crippen LogP contribution in [0.5, 0.6) is 5.75 Å². The Morgan fingerprint density at radius 1 is 1.21 bits per heavy atom. The minimum atomic E-state index is -0.829. The molecule has 6 nitrogen and oxygen atoms in total. The van der Waals surface area contributed by atoms with E-state index in [1.807, 2.05) is 12.1 Å². The van der Waals surface area contributed by atoms with Crippen molar-refractivity contribution in [3.05, 3.63) is 29.3 Å².